The molecule has 0 aliphatic heterocycles. The molecule has 1 unspecified atom stereocenters. The molecule has 1 aromatic heterocycles. The summed E-state index contributed by atoms with van der Waals surface area (Å²) in [4.78, 5) is 11.4. The Balaban J connectivity index is 1.99. The first kappa shape index (κ1) is 14.6. The quantitative estimate of drug-likeness (QED) is 0.857. The Hall–Kier alpha value is -1.85. The van der Waals surface area contributed by atoms with Crippen LogP contribution in [0.1, 0.15) is 33.8 Å². The number of aromatic carboxylic acids is 1. The van der Waals surface area contributed by atoms with Gasteiger partial charge in [0.15, 0.2) is 0 Å². The lowest BCUT2D eigenvalue weighted by Gasteiger charge is -2.14. The Labute approximate surface area is 122 Å². The minimum atomic E-state index is -0.867. The number of rotatable bonds is 6. The van der Waals surface area contributed by atoms with Crippen molar-refractivity contribution in [3.63, 3.8) is 0 Å². The Morgan fingerprint density at radius 2 is 2.05 bits per heavy atom. The van der Waals surface area contributed by atoms with Crippen molar-refractivity contribution >= 4 is 17.3 Å². The summed E-state index contributed by atoms with van der Waals surface area (Å²) in [6.07, 6.45) is 0. The molecule has 0 aliphatic carbocycles. The van der Waals surface area contributed by atoms with Gasteiger partial charge in [-0.2, -0.15) is 0 Å². The first-order valence-electron chi connectivity index (χ1n) is 6.29. The fourth-order valence-electron chi connectivity index (χ4n) is 1.94. The van der Waals surface area contributed by atoms with E-state index in [0.717, 1.165) is 16.9 Å². The zero-order valence-electron chi connectivity index (χ0n) is 11.4. The lowest BCUT2D eigenvalue weighted by molar-refractivity contribution is 0.0701. The highest BCUT2D eigenvalue weighted by atomic mass is 32.1. The van der Waals surface area contributed by atoms with E-state index >= 15 is 0 Å². The molecule has 0 amide bonds. The van der Waals surface area contributed by atoms with Crippen LogP contribution in [-0.2, 0) is 6.54 Å². The van der Waals surface area contributed by atoms with Crippen molar-refractivity contribution in [1.29, 1.82) is 0 Å². The van der Waals surface area contributed by atoms with Crippen LogP contribution in [0.5, 0.6) is 5.75 Å². The fourth-order valence-corrected chi connectivity index (χ4v) is 2.70. The summed E-state index contributed by atoms with van der Waals surface area (Å²) in [5, 5.41) is 14.2. The molecule has 1 heterocycles. The highest BCUT2D eigenvalue weighted by Gasteiger charge is 2.12. The van der Waals surface area contributed by atoms with Gasteiger partial charge in [0.05, 0.1) is 7.11 Å². The summed E-state index contributed by atoms with van der Waals surface area (Å²) < 4.78 is 5.13. The largest absolute Gasteiger partial charge is 0.497 e. The van der Waals surface area contributed by atoms with Gasteiger partial charge in [-0.15, -0.1) is 11.3 Å². The fraction of sp³-hybridized carbons (Fsp3) is 0.267. The number of hydrogen-bond acceptors (Lipinski definition) is 4. The number of benzene rings is 1. The van der Waals surface area contributed by atoms with Crippen molar-refractivity contribution in [2.24, 2.45) is 0 Å². The number of carboxylic acids is 1. The molecule has 1 atom stereocenters. The second-order valence-electron chi connectivity index (χ2n) is 4.46. The van der Waals surface area contributed by atoms with Crippen LogP contribution in [0, 0.1) is 0 Å². The van der Waals surface area contributed by atoms with E-state index in [1.54, 1.807) is 12.5 Å². The SMILES string of the molecule is COc1ccc(C(C)NCc2ccsc2C(=O)O)cc1. The zero-order valence-corrected chi connectivity index (χ0v) is 12.2. The number of ether oxygens (including phenoxy) is 1. The van der Waals surface area contributed by atoms with Gasteiger partial charge in [0, 0.05) is 12.6 Å². The Kier molecular flexibility index (Phi) is 4.76. The normalized spacial score (nSPS) is 12.1. The first-order chi connectivity index (χ1) is 9.61. The van der Waals surface area contributed by atoms with E-state index in [0.29, 0.717) is 11.4 Å². The predicted molar refractivity (Wildman–Crippen MR) is 79.5 cm³/mol. The van der Waals surface area contributed by atoms with Crippen molar-refractivity contribution in [3.8, 4) is 5.75 Å². The molecule has 20 heavy (non-hydrogen) atoms. The number of carbonyl (C=O) groups is 1. The lowest BCUT2D eigenvalue weighted by Crippen LogP contribution is -2.18. The Bertz CT molecular complexity index is 577. The Morgan fingerprint density at radius 3 is 2.65 bits per heavy atom. The van der Waals surface area contributed by atoms with Gasteiger partial charge in [-0.05, 0) is 41.6 Å². The third kappa shape index (κ3) is 3.37. The number of hydrogen-bond donors (Lipinski definition) is 2. The molecule has 5 heteroatoms. The van der Waals surface area contributed by atoms with Crippen molar-refractivity contribution in [2.75, 3.05) is 7.11 Å². The van der Waals surface area contributed by atoms with Crippen LogP contribution in [0.25, 0.3) is 0 Å². The van der Waals surface area contributed by atoms with Gasteiger partial charge in [-0.25, -0.2) is 4.79 Å². The topological polar surface area (TPSA) is 58.6 Å². The smallest absolute Gasteiger partial charge is 0.346 e. The van der Waals surface area contributed by atoms with Crippen LogP contribution in [-0.4, -0.2) is 18.2 Å². The summed E-state index contributed by atoms with van der Waals surface area (Å²) >= 11 is 1.25. The monoisotopic (exact) mass is 291 g/mol. The lowest BCUT2D eigenvalue weighted by atomic mass is 10.1. The van der Waals surface area contributed by atoms with E-state index < -0.39 is 5.97 Å². The molecule has 2 aromatic rings. The van der Waals surface area contributed by atoms with Crippen molar-refractivity contribution < 1.29 is 14.6 Å². The number of thiophene rings is 1. The average Bonchev–Trinajstić information content (AvgIpc) is 2.93. The van der Waals surface area contributed by atoms with E-state index in [1.807, 2.05) is 30.3 Å². The maximum Gasteiger partial charge on any atom is 0.346 e. The zero-order chi connectivity index (χ0) is 14.5. The molecule has 0 bridgehead atoms. The van der Waals surface area contributed by atoms with Gasteiger partial charge >= 0.3 is 5.97 Å². The minimum absolute atomic E-state index is 0.141. The third-order valence-electron chi connectivity index (χ3n) is 3.16. The van der Waals surface area contributed by atoms with Gasteiger partial charge in [0.1, 0.15) is 10.6 Å². The van der Waals surface area contributed by atoms with Crippen LogP contribution in [0.4, 0.5) is 0 Å². The molecular weight excluding hydrogens is 274 g/mol. The first-order valence-corrected chi connectivity index (χ1v) is 7.16. The van der Waals surface area contributed by atoms with Gasteiger partial charge < -0.3 is 15.2 Å². The van der Waals surface area contributed by atoms with Crippen LogP contribution in [0.2, 0.25) is 0 Å². The molecular formula is C15H17NO3S. The van der Waals surface area contributed by atoms with Gasteiger partial charge in [-0.1, -0.05) is 12.1 Å². The molecule has 106 valence electrons. The molecule has 4 nitrogen and oxygen atoms in total. The van der Waals surface area contributed by atoms with Gasteiger partial charge in [0.25, 0.3) is 0 Å². The van der Waals surface area contributed by atoms with E-state index in [-0.39, 0.29) is 6.04 Å². The van der Waals surface area contributed by atoms with Crippen LogP contribution >= 0.6 is 11.3 Å². The molecule has 0 radical (unpaired) electrons. The van der Waals surface area contributed by atoms with E-state index in [4.69, 9.17) is 9.84 Å². The molecule has 1 aromatic carbocycles. The van der Waals surface area contributed by atoms with E-state index in [2.05, 4.69) is 12.2 Å². The molecule has 2 N–H and O–H groups in total. The molecule has 0 spiro atoms. The maximum atomic E-state index is 11.0. The summed E-state index contributed by atoms with van der Waals surface area (Å²) in [6.45, 7) is 2.59. The predicted octanol–water partition coefficient (Wildman–Crippen LogP) is 3.31. The average molecular weight is 291 g/mol. The second-order valence-corrected chi connectivity index (χ2v) is 5.37. The van der Waals surface area contributed by atoms with Crippen LogP contribution in [0.15, 0.2) is 35.7 Å². The van der Waals surface area contributed by atoms with Gasteiger partial charge in [0.2, 0.25) is 0 Å². The second kappa shape index (κ2) is 6.54. The highest BCUT2D eigenvalue weighted by molar-refractivity contribution is 7.12. The highest BCUT2D eigenvalue weighted by Crippen LogP contribution is 2.20. The summed E-state index contributed by atoms with van der Waals surface area (Å²) in [6, 6.07) is 9.83. The summed E-state index contributed by atoms with van der Waals surface area (Å²) in [5.74, 6) is -0.0409. The van der Waals surface area contributed by atoms with E-state index in [9.17, 15) is 4.79 Å². The third-order valence-corrected chi connectivity index (χ3v) is 4.10. The molecule has 0 saturated heterocycles. The number of carboxylic acid groups (broad SMARTS) is 1. The van der Waals surface area contributed by atoms with Crippen LogP contribution in [0.3, 0.4) is 0 Å². The van der Waals surface area contributed by atoms with E-state index in [1.165, 1.54) is 11.3 Å². The van der Waals surface area contributed by atoms with Crippen molar-refractivity contribution in [1.82, 2.24) is 5.32 Å². The van der Waals surface area contributed by atoms with Gasteiger partial charge in [-0.3, -0.25) is 0 Å². The number of nitrogens with one attached hydrogen (secondary N) is 1. The summed E-state index contributed by atoms with van der Waals surface area (Å²) in [5.41, 5.74) is 1.96. The molecule has 0 saturated carbocycles. The molecule has 0 aliphatic rings. The van der Waals surface area contributed by atoms with Crippen molar-refractivity contribution in [3.05, 3.63) is 51.7 Å². The Morgan fingerprint density at radius 1 is 1.35 bits per heavy atom. The van der Waals surface area contributed by atoms with Crippen molar-refractivity contribution in [2.45, 2.75) is 19.5 Å². The molecule has 0 fully saturated rings. The molecule has 2 rings (SSSR count). The number of methoxy groups -OCH3 is 1. The standard InChI is InChI=1S/C15H17NO3S/c1-10(11-3-5-13(19-2)6-4-11)16-9-12-7-8-20-14(12)15(17)18/h3-8,10,16H,9H2,1-2H3,(H,17,18). The minimum Gasteiger partial charge on any atom is -0.497 e. The van der Waals surface area contributed by atoms with Crippen LogP contribution < -0.4 is 10.1 Å². The maximum absolute atomic E-state index is 11.0. The summed E-state index contributed by atoms with van der Waals surface area (Å²) in [7, 11) is 1.64.